The van der Waals surface area contributed by atoms with E-state index in [1.54, 1.807) is 12.1 Å². The van der Waals surface area contributed by atoms with Gasteiger partial charge in [0.25, 0.3) is 11.8 Å². The van der Waals surface area contributed by atoms with Crippen LogP contribution < -0.4 is 5.32 Å². The molecule has 182 valence electrons. The second kappa shape index (κ2) is 9.93. The van der Waals surface area contributed by atoms with Crippen LogP contribution in [0.15, 0.2) is 64.9 Å². The third kappa shape index (κ3) is 5.03. The van der Waals surface area contributed by atoms with Crippen molar-refractivity contribution in [1.29, 1.82) is 0 Å². The van der Waals surface area contributed by atoms with E-state index in [0.29, 0.717) is 37.4 Å². The van der Waals surface area contributed by atoms with Gasteiger partial charge in [0, 0.05) is 37.4 Å². The van der Waals surface area contributed by atoms with Crippen molar-refractivity contribution in [2.75, 3.05) is 25.0 Å². The highest BCUT2D eigenvalue weighted by molar-refractivity contribution is 7.89. The molecule has 2 aliphatic heterocycles. The Bertz CT molecular complexity index is 1330. The maximum Gasteiger partial charge on any atom is 0.264 e. The molecule has 2 aliphatic rings. The Hall–Kier alpha value is -3.01. The van der Waals surface area contributed by atoms with Crippen LogP contribution >= 0.6 is 11.3 Å². The van der Waals surface area contributed by atoms with Crippen molar-refractivity contribution in [2.24, 2.45) is 0 Å². The highest BCUT2D eigenvalue weighted by Crippen LogP contribution is 2.26. The third-order valence-corrected chi connectivity index (χ3v) is 9.34. The number of thiophene rings is 1. The van der Waals surface area contributed by atoms with E-state index >= 15 is 0 Å². The maximum atomic E-state index is 12.8. The summed E-state index contributed by atoms with van der Waals surface area (Å²) >= 11 is 1.44. The molecule has 0 bridgehead atoms. The molecule has 2 aromatic carbocycles. The number of nitrogens with one attached hydrogen (secondary N) is 1. The highest BCUT2D eigenvalue weighted by atomic mass is 32.2. The number of fused-ring (bicyclic) bond motifs is 1. The number of hydrogen-bond acceptors (Lipinski definition) is 5. The lowest BCUT2D eigenvalue weighted by molar-refractivity contribution is 0.0739. The molecule has 3 heterocycles. The van der Waals surface area contributed by atoms with E-state index in [0.717, 1.165) is 36.1 Å². The van der Waals surface area contributed by atoms with Crippen molar-refractivity contribution in [3.8, 4) is 0 Å². The van der Waals surface area contributed by atoms with E-state index in [4.69, 9.17) is 0 Å². The van der Waals surface area contributed by atoms with Crippen LogP contribution in [0.1, 0.15) is 50.4 Å². The quantitative estimate of drug-likeness (QED) is 0.553. The standard InChI is InChI=1S/C26H27N3O4S2/c30-25(20-7-10-23(11-8-20)35(32,33)29-13-2-1-3-14-29)27-22-9-6-19-12-15-28(18-21(19)17-22)26(31)24-5-4-16-34-24/h4-11,16-17H,1-3,12-15,18H2,(H,27,30). The largest absolute Gasteiger partial charge is 0.333 e. The van der Waals surface area contributed by atoms with Crippen LogP contribution in [-0.4, -0.2) is 49.1 Å². The number of benzene rings is 2. The van der Waals surface area contributed by atoms with Gasteiger partial charge in [-0.1, -0.05) is 18.6 Å². The summed E-state index contributed by atoms with van der Waals surface area (Å²) in [6, 6.07) is 15.6. The molecule has 1 fully saturated rings. The van der Waals surface area contributed by atoms with Crippen LogP contribution in [0.4, 0.5) is 5.69 Å². The predicted molar refractivity (Wildman–Crippen MR) is 136 cm³/mol. The van der Waals surface area contributed by atoms with Crippen LogP contribution in [0.5, 0.6) is 0 Å². The number of anilines is 1. The third-order valence-electron chi connectivity index (χ3n) is 6.56. The molecule has 1 N–H and O–H groups in total. The van der Waals surface area contributed by atoms with E-state index in [1.807, 2.05) is 40.6 Å². The summed E-state index contributed by atoms with van der Waals surface area (Å²) in [5.41, 5.74) is 3.21. The first-order valence-corrected chi connectivity index (χ1v) is 14.1. The molecule has 9 heteroatoms. The minimum absolute atomic E-state index is 0.0275. The Morgan fingerprint density at radius 3 is 2.37 bits per heavy atom. The van der Waals surface area contributed by atoms with E-state index < -0.39 is 10.0 Å². The molecule has 5 rings (SSSR count). The van der Waals surface area contributed by atoms with Gasteiger partial charge in [-0.25, -0.2) is 8.42 Å². The zero-order valence-electron chi connectivity index (χ0n) is 19.3. The van der Waals surface area contributed by atoms with Crippen LogP contribution in [0.3, 0.4) is 0 Å². The molecular weight excluding hydrogens is 482 g/mol. The smallest absolute Gasteiger partial charge is 0.264 e. The van der Waals surface area contributed by atoms with E-state index in [2.05, 4.69) is 5.32 Å². The summed E-state index contributed by atoms with van der Waals surface area (Å²) in [6.45, 7) is 2.25. The number of rotatable bonds is 5. The molecule has 2 amide bonds. The lowest BCUT2D eigenvalue weighted by atomic mass is 9.98. The molecule has 1 aromatic heterocycles. The van der Waals surface area contributed by atoms with Gasteiger partial charge in [0.15, 0.2) is 0 Å². The topological polar surface area (TPSA) is 86.8 Å². The summed E-state index contributed by atoms with van der Waals surface area (Å²) in [4.78, 5) is 28.3. The first kappa shape index (κ1) is 23.7. The number of sulfonamides is 1. The Morgan fingerprint density at radius 1 is 0.886 bits per heavy atom. The Kier molecular flexibility index (Phi) is 6.73. The summed E-state index contributed by atoms with van der Waals surface area (Å²) in [7, 11) is -3.53. The van der Waals surface area contributed by atoms with Crippen molar-refractivity contribution >= 4 is 38.9 Å². The monoisotopic (exact) mass is 509 g/mol. The van der Waals surface area contributed by atoms with Gasteiger partial charge < -0.3 is 10.2 Å². The molecule has 0 aliphatic carbocycles. The molecule has 0 radical (unpaired) electrons. The van der Waals surface area contributed by atoms with Gasteiger partial charge in [0.05, 0.1) is 9.77 Å². The normalized spacial score (nSPS) is 16.5. The highest BCUT2D eigenvalue weighted by Gasteiger charge is 2.26. The summed E-state index contributed by atoms with van der Waals surface area (Å²) in [5.74, 6) is -0.283. The molecule has 0 spiro atoms. The minimum Gasteiger partial charge on any atom is -0.333 e. The van der Waals surface area contributed by atoms with Crippen LogP contribution in [0, 0.1) is 0 Å². The average Bonchev–Trinajstić information content (AvgIpc) is 3.43. The Morgan fingerprint density at radius 2 is 1.66 bits per heavy atom. The number of carbonyl (C=O) groups is 2. The van der Waals surface area contributed by atoms with Gasteiger partial charge in [0.2, 0.25) is 10.0 Å². The number of nitrogens with zero attached hydrogens (tertiary/aromatic N) is 2. The van der Waals surface area contributed by atoms with Gasteiger partial charge in [-0.05, 0) is 78.2 Å². The Balaban J connectivity index is 1.26. The van der Waals surface area contributed by atoms with Crippen LogP contribution in [0.25, 0.3) is 0 Å². The molecule has 0 saturated carbocycles. The van der Waals surface area contributed by atoms with E-state index in [9.17, 15) is 18.0 Å². The first-order chi connectivity index (χ1) is 16.9. The van der Waals surface area contributed by atoms with Gasteiger partial charge in [-0.15, -0.1) is 11.3 Å². The lowest BCUT2D eigenvalue weighted by Crippen LogP contribution is -2.35. The van der Waals surface area contributed by atoms with Crippen LogP contribution in [-0.2, 0) is 23.0 Å². The molecule has 35 heavy (non-hydrogen) atoms. The molecule has 0 atom stereocenters. The number of amides is 2. The molecule has 0 unspecified atom stereocenters. The van der Waals surface area contributed by atoms with E-state index in [-0.39, 0.29) is 16.7 Å². The van der Waals surface area contributed by atoms with Gasteiger partial charge in [0.1, 0.15) is 0 Å². The van der Waals surface area contributed by atoms with E-state index in [1.165, 1.54) is 33.3 Å². The van der Waals surface area contributed by atoms with Gasteiger partial charge >= 0.3 is 0 Å². The molecular formula is C26H27N3O4S2. The van der Waals surface area contributed by atoms with Crippen molar-refractivity contribution in [3.63, 3.8) is 0 Å². The number of hydrogen-bond donors (Lipinski definition) is 1. The first-order valence-electron chi connectivity index (χ1n) is 11.8. The fourth-order valence-electron chi connectivity index (χ4n) is 4.60. The summed E-state index contributed by atoms with van der Waals surface area (Å²) in [5, 5.41) is 4.80. The van der Waals surface area contributed by atoms with Gasteiger partial charge in [-0.3, -0.25) is 9.59 Å². The predicted octanol–water partition coefficient (Wildman–Crippen LogP) is 4.37. The van der Waals surface area contributed by atoms with Crippen molar-refractivity contribution in [1.82, 2.24) is 9.21 Å². The molecule has 7 nitrogen and oxygen atoms in total. The second-order valence-electron chi connectivity index (χ2n) is 8.88. The maximum absolute atomic E-state index is 12.8. The zero-order chi connectivity index (χ0) is 24.4. The van der Waals surface area contributed by atoms with Crippen molar-refractivity contribution < 1.29 is 18.0 Å². The van der Waals surface area contributed by atoms with Crippen molar-refractivity contribution in [3.05, 3.63) is 81.5 Å². The zero-order valence-corrected chi connectivity index (χ0v) is 20.9. The Labute approximate surface area is 209 Å². The number of carbonyl (C=O) groups excluding carboxylic acids is 2. The second-order valence-corrected chi connectivity index (χ2v) is 11.8. The van der Waals surface area contributed by atoms with Crippen LogP contribution in [0.2, 0.25) is 0 Å². The molecule has 1 saturated heterocycles. The minimum atomic E-state index is -3.53. The summed E-state index contributed by atoms with van der Waals surface area (Å²) < 4.78 is 27.2. The average molecular weight is 510 g/mol. The summed E-state index contributed by atoms with van der Waals surface area (Å²) in [6.07, 6.45) is 3.57. The lowest BCUT2D eigenvalue weighted by Gasteiger charge is -2.29. The fourth-order valence-corrected chi connectivity index (χ4v) is 6.81. The number of piperidine rings is 1. The van der Waals surface area contributed by atoms with Crippen molar-refractivity contribution in [2.45, 2.75) is 37.1 Å². The fraction of sp³-hybridized carbons (Fsp3) is 0.308. The van der Waals surface area contributed by atoms with Gasteiger partial charge in [-0.2, -0.15) is 4.31 Å². The molecule has 3 aromatic rings. The SMILES string of the molecule is O=C(Nc1ccc2c(c1)CN(C(=O)c1cccs1)CC2)c1ccc(S(=O)(=O)N2CCCCC2)cc1.